The Morgan fingerprint density at radius 2 is 2.05 bits per heavy atom. The minimum Gasteiger partial charge on any atom is -0.480 e. The highest BCUT2D eigenvalue weighted by Crippen LogP contribution is 2.30. The zero-order chi connectivity index (χ0) is 14.3. The van der Waals surface area contributed by atoms with Crippen molar-refractivity contribution in [2.45, 2.75) is 16.9 Å². The van der Waals surface area contributed by atoms with Gasteiger partial charge in [-0.2, -0.15) is 0 Å². The van der Waals surface area contributed by atoms with Crippen LogP contribution in [0.4, 0.5) is 5.69 Å². The van der Waals surface area contributed by atoms with E-state index in [1.54, 1.807) is 23.1 Å². The highest BCUT2D eigenvalue weighted by molar-refractivity contribution is 7.90. The summed E-state index contributed by atoms with van der Waals surface area (Å²) in [4.78, 5) is 13.0. The van der Waals surface area contributed by atoms with Crippen LogP contribution in [-0.4, -0.2) is 44.4 Å². The lowest BCUT2D eigenvalue weighted by molar-refractivity contribution is -0.142. The van der Waals surface area contributed by atoms with E-state index in [9.17, 15) is 13.2 Å². The predicted molar refractivity (Wildman–Crippen MR) is 70.9 cm³/mol. The van der Waals surface area contributed by atoms with Crippen LogP contribution in [0.25, 0.3) is 0 Å². The van der Waals surface area contributed by atoms with Crippen LogP contribution in [0.3, 0.4) is 0 Å². The predicted octanol–water partition coefficient (Wildman–Crippen LogP) is 0.0823. The molecule has 1 aliphatic heterocycles. The number of sulfone groups is 1. The van der Waals surface area contributed by atoms with Gasteiger partial charge in [-0.05, 0) is 18.6 Å². The molecule has 1 fully saturated rings. The number of nitrogens with two attached hydrogens (primary N) is 1. The molecular formula is C12H16N2O4S. The highest BCUT2D eigenvalue weighted by atomic mass is 32.2. The molecule has 0 spiro atoms. The van der Waals surface area contributed by atoms with Crippen LogP contribution < -0.4 is 10.6 Å². The molecule has 3 N–H and O–H groups in total. The van der Waals surface area contributed by atoms with Crippen molar-refractivity contribution in [2.75, 3.05) is 24.2 Å². The molecule has 1 saturated heterocycles. The van der Waals surface area contributed by atoms with E-state index in [4.69, 9.17) is 10.8 Å². The van der Waals surface area contributed by atoms with Gasteiger partial charge >= 0.3 is 5.97 Å². The van der Waals surface area contributed by atoms with E-state index in [1.165, 1.54) is 6.07 Å². The molecule has 19 heavy (non-hydrogen) atoms. The van der Waals surface area contributed by atoms with Gasteiger partial charge in [0.05, 0.1) is 10.6 Å². The SMILES string of the molecule is CS(=O)(=O)c1ccccc1N1CCC(N)(C(=O)O)C1. The maximum atomic E-state index is 11.7. The first kappa shape index (κ1) is 13.8. The van der Waals surface area contributed by atoms with Gasteiger partial charge in [-0.3, -0.25) is 4.79 Å². The second-order valence-electron chi connectivity index (χ2n) is 4.87. The number of nitrogens with zero attached hydrogens (tertiary/aromatic N) is 1. The number of carboxylic acid groups (broad SMARTS) is 1. The lowest BCUT2D eigenvalue weighted by Gasteiger charge is -2.23. The van der Waals surface area contributed by atoms with Crippen molar-refractivity contribution in [3.8, 4) is 0 Å². The molecule has 0 aliphatic carbocycles. The third kappa shape index (κ3) is 2.57. The monoisotopic (exact) mass is 284 g/mol. The topological polar surface area (TPSA) is 101 Å². The van der Waals surface area contributed by atoms with E-state index < -0.39 is 21.3 Å². The first-order chi connectivity index (χ1) is 8.74. The Bertz CT molecular complexity index is 614. The smallest absolute Gasteiger partial charge is 0.325 e. The molecule has 1 aliphatic rings. The number of carboxylic acids is 1. The number of para-hydroxylation sites is 1. The van der Waals surface area contributed by atoms with Gasteiger partial charge < -0.3 is 15.7 Å². The molecule has 0 saturated carbocycles. The number of hydrogen-bond donors (Lipinski definition) is 2. The summed E-state index contributed by atoms with van der Waals surface area (Å²) in [7, 11) is -3.36. The van der Waals surface area contributed by atoms with Crippen LogP contribution >= 0.6 is 0 Å². The van der Waals surface area contributed by atoms with Crippen molar-refractivity contribution < 1.29 is 18.3 Å². The van der Waals surface area contributed by atoms with Crippen LogP contribution in [-0.2, 0) is 14.6 Å². The van der Waals surface area contributed by atoms with Crippen molar-refractivity contribution in [3.63, 3.8) is 0 Å². The molecule has 0 aromatic heterocycles. The quantitative estimate of drug-likeness (QED) is 0.815. The average molecular weight is 284 g/mol. The lowest BCUT2D eigenvalue weighted by atomic mass is 10.0. The molecule has 1 atom stereocenters. The zero-order valence-corrected chi connectivity index (χ0v) is 11.4. The largest absolute Gasteiger partial charge is 0.480 e. The number of aliphatic carboxylic acids is 1. The molecule has 6 nitrogen and oxygen atoms in total. The molecule has 1 heterocycles. The van der Waals surface area contributed by atoms with Gasteiger partial charge in [0.15, 0.2) is 9.84 Å². The van der Waals surface area contributed by atoms with Crippen molar-refractivity contribution in [1.82, 2.24) is 0 Å². The summed E-state index contributed by atoms with van der Waals surface area (Å²) in [5.74, 6) is -1.06. The van der Waals surface area contributed by atoms with Crippen LogP contribution in [0.15, 0.2) is 29.2 Å². The van der Waals surface area contributed by atoms with E-state index in [1.807, 2.05) is 0 Å². The molecule has 0 amide bonds. The second-order valence-corrected chi connectivity index (χ2v) is 6.86. The minimum atomic E-state index is -3.36. The van der Waals surface area contributed by atoms with Gasteiger partial charge in [0.25, 0.3) is 0 Å². The fourth-order valence-corrected chi connectivity index (χ4v) is 3.15. The minimum absolute atomic E-state index is 0.106. The van der Waals surface area contributed by atoms with Gasteiger partial charge in [-0.1, -0.05) is 12.1 Å². The summed E-state index contributed by atoms with van der Waals surface area (Å²) in [6.07, 6.45) is 1.43. The van der Waals surface area contributed by atoms with E-state index in [-0.39, 0.29) is 11.4 Å². The van der Waals surface area contributed by atoms with E-state index in [0.29, 0.717) is 18.7 Å². The third-order valence-corrected chi connectivity index (χ3v) is 4.48. The molecule has 1 unspecified atom stereocenters. The van der Waals surface area contributed by atoms with E-state index >= 15 is 0 Å². The molecule has 0 bridgehead atoms. The van der Waals surface area contributed by atoms with Crippen molar-refractivity contribution >= 4 is 21.5 Å². The maximum Gasteiger partial charge on any atom is 0.325 e. The fourth-order valence-electron chi connectivity index (χ4n) is 2.25. The summed E-state index contributed by atoms with van der Waals surface area (Å²) in [6, 6.07) is 6.55. The number of rotatable bonds is 3. The number of hydrogen-bond acceptors (Lipinski definition) is 5. The summed E-state index contributed by atoms with van der Waals surface area (Å²) in [6.45, 7) is 0.532. The average Bonchev–Trinajstić information content (AvgIpc) is 2.72. The Morgan fingerprint density at radius 1 is 1.42 bits per heavy atom. The van der Waals surface area contributed by atoms with Gasteiger partial charge in [-0.15, -0.1) is 0 Å². The summed E-state index contributed by atoms with van der Waals surface area (Å²) < 4.78 is 23.5. The summed E-state index contributed by atoms with van der Waals surface area (Å²) >= 11 is 0. The molecule has 1 aromatic rings. The number of benzene rings is 1. The van der Waals surface area contributed by atoms with E-state index in [0.717, 1.165) is 6.26 Å². The Kier molecular flexibility index (Phi) is 3.27. The summed E-state index contributed by atoms with van der Waals surface area (Å²) in [5.41, 5.74) is 5.00. The normalized spacial score (nSPS) is 23.6. The van der Waals surface area contributed by atoms with Crippen LogP contribution in [0.2, 0.25) is 0 Å². The first-order valence-electron chi connectivity index (χ1n) is 5.80. The summed E-state index contributed by atoms with van der Waals surface area (Å²) in [5, 5.41) is 9.10. The van der Waals surface area contributed by atoms with Crippen molar-refractivity contribution in [3.05, 3.63) is 24.3 Å². The lowest BCUT2D eigenvalue weighted by Crippen LogP contribution is -2.50. The van der Waals surface area contributed by atoms with Gasteiger partial charge in [-0.25, -0.2) is 8.42 Å². The first-order valence-corrected chi connectivity index (χ1v) is 7.69. The van der Waals surface area contributed by atoms with Crippen LogP contribution in [0.1, 0.15) is 6.42 Å². The molecule has 2 rings (SSSR count). The Hall–Kier alpha value is -1.60. The van der Waals surface area contributed by atoms with Gasteiger partial charge in [0.1, 0.15) is 5.54 Å². The fraction of sp³-hybridized carbons (Fsp3) is 0.417. The zero-order valence-electron chi connectivity index (χ0n) is 10.5. The van der Waals surface area contributed by atoms with Crippen molar-refractivity contribution in [1.29, 1.82) is 0 Å². The van der Waals surface area contributed by atoms with E-state index in [2.05, 4.69) is 0 Å². The van der Waals surface area contributed by atoms with Gasteiger partial charge in [0, 0.05) is 19.3 Å². The van der Waals surface area contributed by atoms with Crippen LogP contribution in [0, 0.1) is 0 Å². The van der Waals surface area contributed by atoms with Crippen LogP contribution in [0.5, 0.6) is 0 Å². The highest BCUT2D eigenvalue weighted by Gasteiger charge is 2.42. The number of carbonyl (C=O) groups is 1. The Labute approximate surface area is 111 Å². The Balaban J connectivity index is 2.38. The number of anilines is 1. The molecule has 104 valence electrons. The molecule has 0 radical (unpaired) electrons. The molecule has 1 aromatic carbocycles. The Morgan fingerprint density at radius 3 is 2.58 bits per heavy atom. The molecular weight excluding hydrogens is 268 g/mol. The standard InChI is InChI=1S/C12H16N2O4S/c1-19(17,18)10-5-3-2-4-9(10)14-7-6-12(13,8-14)11(15)16/h2-5H,6-8,13H2,1H3,(H,15,16). The third-order valence-electron chi connectivity index (χ3n) is 3.33. The molecule has 7 heteroatoms. The second kappa shape index (κ2) is 4.50. The van der Waals surface area contributed by atoms with Gasteiger partial charge in [0.2, 0.25) is 0 Å². The van der Waals surface area contributed by atoms with Crippen molar-refractivity contribution in [2.24, 2.45) is 5.73 Å². The maximum absolute atomic E-state index is 11.7.